The summed E-state index contributed by atoms with van der Waals surface area (Å²) in [5.74, 6) is 0.648. The molecule has 0 bridgehead atoms. The molecule has 2 N–H and O–H groups in total. The minimum atomic E-state index is 0.201. The van der Waals surface area contributed by atoms with E-state index in [1.807, 2.05) is 42.6 Å². The molecular formula is C22H21N5O. The number of phenols is 1. The summed E-state index contributed by atoms with van der Waals surface area (Å²) in [6, 6.07) is 15.9. The predicted octanol–water partition coefficient (Wildman–Crippen LogP) is 3.47. The van der Waals surface area contributed by atoms with E-state index in [1.54, 1.807) is 6.07 Å². The van der Waals surface area contributed by atoms with Crippen LogP contribution in [0.25, 0.3) is 27.9 Å². The monoisotopic (exact) mass is 371 g/mol. The standard InChI is InChI=1S/C22H21N5O/c1-13-7-18-9-16(8-14(2)27(18)26-13)15-3-4-19(22(28)10-15)21-6-5-20(24-25-21)17-11-23-12-17/h3-10,17,23,28H,11-12H2,1-2H3. The average molecular weight is 371 g/mol. The number of aryl methyl sites for hydroxylation is 2. The minimum absolute atomic E-state index is 0.201. The lowest BCUT2D eigenvalue weighted by atomic mass is 9.98. The highest BCUT2D eigenvalue weighted by Crippen LogP contribution is 2.33. The Morgan fingerprint density at radius 1 is 0.964 bits per heavy atom. The molecule has 1 saturated heterocycles. The molecule has 0 aliphatic carbocycles. The highest BCUT2D eigenvalue weighted by Gasteiger charge is 2.20. The van der Waals surface area contributed by atoms with Crippen molar-refractivity contribution in [1.82, 2.24) is 25.1 Å². The van der Waals surface area contributed by atoms with Crippen LogP contribution in [-0.4, -0.2) is 38.0 Å². The van der Waals surface area contributed by atoms with Gasteiger partial charge in [-0.05, 0) is 67.4 Å². The van der Waals surface area contributed by atoms with Gasteiger partial charge in [-0.25, -0.2) is 4.52 Å². The van der Waals surface area contributed by atoms with Gasteiger partial charge in [-0.15, -0.1) is 0 Å². The van der Waals surface area contributed by atoms with Gasteiger partial charge in [-0.1, -0.05) is 6.07 Å². The van der Waals surface area contributed by atoms with Crippen LogP contribution in [0.15, 0.2) is 48.5 Å². The van der Waals surface area contributed by atoms with E-state index in [9.17, 15) is 5.11 Å². The number of hydrogen-bond donors (Lipinski definition) is 2. The van der Waals surface area contributed by atoms with Crippen LogP contribution >= 0.6 is 0 Å². The highest BCUT2D eigenvalue weighted by molar-refractivity contribution is 5.76. The third kappa shape index (κ3) is 2.82. The number of nitrogens with zero attached hydrogens (tertiary/aromatic N) is 4. The molecule has 1 aliphatic rings. The Morgan fingerprint density at radius 3 is 2.50 bits per heavy atom. The van der Waals surface area contributed by atoms with Crippen LogP contribution in [0.4, 0.5) is 0 Å². The molecule has 0 amide bonds. The van der Waals surface area contributed by atoms with Crippen molar-refractivity contribution < 1.29 is 5.11 Å². The van der Waals surface area contributed by atoms with Crippen LogP contribution in [0.3, 0.4) is 0 Å². The topological polar surface area (TPSA) is 75.3 Å². The van der Waals surface area contributed by atoms with Crippen LogP contribution in [0, 0.1) is 13.8 Å². The molecule has 6 heteroatoms. The maximum absolute atomic E-state index is 10.6. The lowest BCUT2D eigenvalue weighted by Crippen LogP contribution is -2.40. The second-order valence-corrected chi connectivity index (χ2v) is 7.44. The van der Waals surface area contributed by atoms with E-state index in [2.05, 4.69) is 38.8 Å². The van der Waals surface area contributed by atoms with Gasteiger partial charge in [0.1, 0.15) is 5.75 Å². The normalized spacial score (nSPS) is 14.4. The van der Waals surface area contributed by atoms with Gasteiger partial charge in [-0.2, -0.15) is 15.3 Å². The van der Waals surface area contributed by atoms with E-state index in [-0.39, 0.29) is 5.75 Å². The molecule has 6 nitrogen and oxygen atoms in total. The second kappa shape index (κ2) is 6.42. The number of aromatic hydroxyl groups is 1. The Labute approximate surface area is 162 Å². The van der Waals surface area contributed by atoms with E-state index in [1.165, 1.54) is 0 Å². The van der Waals surface area contributed by atoms with Crippen LogP contribution in [0.1, 0.15) is 23.0 Å². The molecule has 0 spiro atoms. The first-order valence-corrected chi connectivity index (χ1v) is 9.43. The molecule has 0 radical (unpaired) electrons. The second-order valence-electron chi connectivity index (χ2n) is 7.44. The maximum Gasteiger partial charge on any atom is 0.125 e. The number of nitrogens with one attached hydrogen (secondary N) is 1. The smallest absolute Gasteiger partial charge is 0.125 e. The zero-order chi connectivity index (χ0) is 19.3. The van der Waals surface area contributed by atoms with Gasteiger partial charge in [0.2, 0.25) is 0 Å². The predicted molar refractivity (Wildman–Crippen MR) is 108 cm³/mol. The van der Waals surface area contributed by atoms with E-state index in [0.717, 1.165) is 46.8 Å². The van der Waals surface area contributed by atoms with Crippen molar-refractivity contribution in [2.75, 3.05) is 13.1 Å². The molecule has 4 aromatic rings. The van der Waals surface area contributed by atoms with E-state index < -0.39 is 0 Å². The highest BCUT2D eigenvalue weighted by atomic mass is 16.3. The van der Waals surface area contributed by atoms with Gasteiger partial charge in [0.25, 0.3) is 0 Å². The summed E-state index contributed by atoms with van der Waals surface area (Å²) in [5.41, 5.74) is 7.45. The molecule has 0 atom stereocenters. The fourth-order valence-electron chi connectivity index (χ4n) is 3.69. The molecule has 1 fully saturated rings. The summed E-state index contributed by atoms with van der Waals surface area (Å²) in [7, 11) is 0. The SMILES string of the molecule is Cc1cc2cc(-c3ccc(-c4ccc(C5CNC5)nn4)c(O)c3)cc(C)n2n1. The summed E-state index contributed by atoms with van der Waals surface area (Å²) in [4.78, 5) is 0. The van der Waals surface area contributed by atoms with Crippen molar-refractivity contribution in [2.45, 2.75) is 19.8 Å². The van der Waals surface area contributed by atoms with Crippen LogP contribution < -0.4 is 5.32 Å². The third-order valence-electron chi connectivity index (χ3n) is 5.35. The molecular weight excluding hydrogens is 350 g/mol. The number of rotatable bonds is 3. The first-order chi connectivity index (χ1) is 13.6. The van der Waals surface area contributed by atoms with Gasteiger partial charge < -0.3 is 10.4 Å². The first-order valence-electron chi connectivity index (χ1n) is 9.43. The number of phenolic OH excluding ortho intramolecular Hbond substituents is 1. The summed E-state index contributed by atoms with van der Waals surface area (Å²) in [6.45, 7) is 5.93. The number of pyridine rings is 1. The number of hydrogen-bond acceptors (Lipinski definition) is 5. The average Bonchev–Trinajstić information content (AvgIpc) is 3.02. The van der Waals surface area contributed by atoms with E-state index in [0.29, 0.717) is 17.2 Å². The molecule has 140 valence electrons. The quantitative estimate of drug-likeness (QED) is 0.577. The Bertz CT molecular complexity index is 1180. The van der Waals surface area contributed by atoms with Gasteiger partial charge in [0.05, 0.1) is 22.6 Å². The molecule has 1 aliphatic heterocycles. The van der Waals surface area contributed by atoms with Crippen LogP contribution in [-0.2, 0) is 0 Å². The molecule has 3 aromatic heterocycles. The Kier molecular flexibility index (Phi) is 3.87. The number of aromatic nitrogens is 4. The lowest BCUT2D eigenvalue weighted by molar-refractivity contribution is 0.436. The Balaban J connectivity index is 1.49. The molecule has 5 rings (SSSR count). The molecule has 1 aromatic carbocycles. The van der Waals surface area contributed by atoms with Crippen molar-refractivity contribution >= 4 is 5.52 Å². The Morgan fingerprint density at radius 2 is 1.82 bits per heavy atom. The van der Waals surface area contributed by atoms with E-state index >= 15 is 0 Å². The largest absolute Gasteiger partial charge is 0.507 e. The van der Waals surface area contributed by atoms with Crippen molar-refractivity contribution in [1.29, 1.82) is 0 Å². The summed E-state index contributed by atoms with van der Waals surface area (Å²) in [5, 5.41) is 27.0. The van der Waals surface area contributed by atoms with E-state index in [4.69, 9.17) is 0 Å². The zero-order valence-electron chi connectivity index (χ0n) is 15.8. The van der Waals surface area contributed by atoms with Gasteiger partial charge in [-0.3, -0.25) is 0 Å². The van der Waals surface area contributed by atoms with Gasteiger partial charge in [0.15, 0.2) is 0 Å². The molecule has 0 unspecified atom stereocenters. The first kappa shape index (κ1) is 16.9. The zero-order valence-corrected chi connectivity index (χ0v) is 15.8. The third-order valence-corrected chi connectivity index (χ3v) is 5.35. The van der Waals surface area contributed by atoms with Crippen molar-refractivity contribution in [3.05, 3.63) is 65.6 Å². The summed E-state index contributed by atoms with van der Waals surface area (Å²) < 4.78 is 1.93. The maximum atomic E-state index is 10.6. The van der Waals surface area contributed by atoms with Crippen molar-refractivity contribution in [3.8, 4) is 28.1 Å². The van der Waals surface area contributed by atoms with Gasteiger partial charge in [0, 0.05) is 30.3 Å². The fourth-order valence-corrected chi connectivity index (χ4v) is 3.69. The number of fused-ring (bicyclic) bond motifs is 1. The summed E-state index contributed by atoms with van der Waals surface area (Å²) in [6.07, 6.45) is 0. The molecule has 28 heavy (non-hydrogen) atoms. The van der Waals surface area contributed by atoms with Crippen LogP contribution in [0.5, 0.6) is 5.75 Å². The van der Waals surface area contributed by atoms with Crippen LogP contribution in [0.2, 0.25) is 0 Å². The minimum Gasteiger partial charge on any atom is -0.507 e. The molecule has 4 heterocycles. The van der Waals surface area contributed by atoms with Crippen molar-refractivity contribution in [3.63, 3.8) is 0 Å². The summed E-state index contributed by atoms with van der Waals surface area (Å²) >= 11 is 0. The fraction of sp³-hybridized carbons (Fsp3) is 0.227. The number of benzene rings is 1. The Hall–Kier alpha value is -3.25. The lowest BCUT2D eigenvalue weighted by Gasteiger charge is -2.25. The van der Waals surface area contributed by atoms with Crippen molar-refractivity contribution in [2.24, 2.45) is 0 Å². The van der Waals surface area contributed by atoms with Gasteiger partial charge >= 0.3 is 0 Å². The molecule has 0 saturated carbocycles.